The topological polar surface area (TPSA) is 101 Å². The van der Waals surface area contributed by atoms with Gasteiger partial charge in [0, 0.05) is 13.1 Å². The summed E-state index contributed by atoms with van der Waals surface area (Å²) in [6, 6.07) is 5.28. The van der Waals surface area contributed by atoms with Gasteiger partial charge in [-0.2, -0.15) is 0 Å². The first kappa shape index (κ1) is 14.6. The molecule has 4 N–H and O–H groups in total. The van der Waals surface area contributed by atoms with Gasteiger partial charge in [-0.05, 0) is 37.0 Å². The normalized spacial score (nSPS) is 18.6. The van der Waals surface area contributed by atoms with Crippen LogP contribution in [0, 0.1) is 0 Å². The number of urea groups is 1. The molecule has 0 saturated carbocycles. The number of aromatic amines is 2. The number of piperidine rings is 1. The number of likely N-dealkylation sites (tertiary alicyclic amines) is 1. The molecule has 22 heavy (non-hydrogen) atoms. The Morgan fingerprint density at radius 2 is 2.14 bits per heavy atom. The molecule has 3 rings (SSSR count). The van der Waals surface area contributed by atoms with E-state index in [-0.39, 0.29) is 24.4 Å². The van der Waals surface area contributed by atoms with Crippen LogP contribution in [0.5, 0.6) is 0 Å². The molecule has 1 atom stereocenters. The van der Waals surface area contributed by atoms with Crippen molar-refractivity contribution in [1.29, 1.82) is 0 Å². The van der Waals surface area contributed by atoms with Gasteiger partial charge in [0.05, 0.1) is 23.7 Å². The van der Waals surface area contributed by atoms with Gasteiger partial charge < -0.3 is 25.3 Å². The molecule has 1 aromatic carbocycles. The maximum Gasteiger partial charge on any atom is 0.323 e. The predicted octanol–water partition coefficient (Wildman–Crippen LogP) is 0.913. The van der Waals surface area contributed by atoms with E-state index in [1.807, 2.05) is 18.2 Å². The maximum absolute atomic E-state index is 12.2. The SMILES string of the molecule is O=C(NCc1ccc2[nH]c(=O)[nH]c2c1)N1CCCCC1CO. The number of H-pyrrole nitrogens is 2. The van der Waals surface area contributed by atoms with E-state index in [2.05, 4.69) is 15.3 Å². The third-order valence-corrected chi connectivity index (χ3v) is 4.12. The smallest absolute Gasteiger partial charge is 0.323 e. The van der Waals surface area contributed by atoms with Crippen molar-refractivity contribution in [3.8, 4) is 0 Å². The molecule has 2 heterocycles. The van der Waals surface area contributed by atoms with Crippen molar-refractivity contribution < 1.29 is 9.90 Å². The average Bonchev–Trinajstić information content (AvgIpc) is 2.91. The molecular weight excluding hydrogens is 284 g/mol. The van der Waals surface area contributed by atoms with Gasteiger partial charge in [-0.3, -0.25) is 0 Å². The number of nitrogens with one attached hydrogen (secondary N) is 3. The number of hydrogen-bond donors (Lipinski definition) is 4. The minimum Gasteiger partial charge on any atom is -0.394 e. The lowest BCUT2D eigenvalue weighted by molar-refractivity contribution is 0.108. The Labute approximate surface area is 127 Å². The molecule has 1 aliphatic rings. The molecular formula is C15H20N4O3. The second-order valence-electron chi connectivity index (χ2n) is 5.64. The van der Waals surface area contributed by atoms with Crippen molar-refractivity contribution in [2.24, 2.45) is 0 Å². The highest BCUT2D eigenvalue weighted by Crippen LogP contribution is 2.17. The van der Waals surface area contributed by atoms with Crippen LogP contribution in [-0.2, 0) is 6.54 Å². The predicted molar refractivity (Wildman–Crippen MR) is 82.6 cm³/mol. The maximum atomic E-state index is 12.2. The van der Waals surface area contributed by atoms with Crippen molar-refractivity contribution in [1.82, 2.24) is 20.2 Å². The molecule has 0 radical (unpaired) electrons. The fourth-order valence-electron chi connectivity index (χ4n) is 2.93. The number of fused-ring (bicyclic) bond motifs is 1. The van der Waals surface area contributed by atoms with Crippen LogP contribution in [0.2, 0.25) is 0 Å². The van der Waals surface area contributed by atoms with Gasteiger partial charge in [-0.1, -0.05) is 6.07 Å². The lowest BCUT2D eigenvalue weighted by Gasteiger charge is -2.34. The van der Waals surface area contributed by atoms with E-state index in [0.29, 0.717) is 13.1 Å². The molecule has 7 nitrogen and oxygen atoms in total. The summed E-state index contributed by atoms with van der Waals surface area (Å²) in [6.07, 6.45) is 2.87. The van der Waals surface area contributed by atoms with E-state index < -0.39 is 0 Å². The van der Waals surface area contributed by atoms with Gasteiger partial charge in [0.1, 0.15) is 0 Å². The summed E-state index contributed by atoms with van der Waals surface area (Å²) in [5.74, 6) is 0. The number of hydrogen-bond acceptors (Lipinski definition) is 3. The monoisotopic (exact) mass is 304 g/mol. The third-order valence-electron chi connectivity index (χ3n) is 4.12. The van der Waals surface area contributed by atoms with Crippen LogP contribution in [0.25, 0.3) is 11.0 Å². The van der Waals surface area contributed by atoms with Crippen molar-refractivity contribution in [2.45, 2.75) is 31.8 Å². The van der Waals surface area contributed by atoms with Gasteiger partial charge in [-0.25, -0.2) is 9.59 Å². The summed E-state index contributed by atoms with van der Waals surface area (Å²) in [4.78, 5) is 30.6. The van der Waals surface area contributed by atoms with Crippen molar-refractivity contribution >= 4 is 17.1 Å². The van der Waals surface area contributed by atoms with E-state index in [9.17, 15) is 14.7 Å². The lowest BCUT2D eigenvalue weighted by atomic mass is 10.0. The summed E-state index contributed by atoms with van der Waals surface area (Å²) in [7, 11) is 0. The number of rotatable bonds is 3. The van der Waals surface area contributed by atoms with Crippen LogP contribution in [0.1, 0.15) is 24.8 Å². The standard InChI is InChI=1S/C15H20N4O3/c20-9-11-3-1-2-6-19(11)15(22)16-8-10-4-5-12-13(7-10)18-14(21)17-12/h4-5,7,11,20H,1-3,6,8-9H2,(H,16,22)(H2,17,18,21). The van der Waals surface area contributed by atoms with Gasteiger partial charge >= 0.3 is 11.7 Å². The number of benzene rings is 1. The molecule has 1 unspecified atom stereocenters. The van der Waals surface area contributed by atoms with E-state index in [1.165, 1.54) is 0 Å². The van der Waals surface area contributed by atoms with Gasteiger partial charge in [-0.15, -0.1) is 0 Å². The number of amides is 2. The fraction of sp³-hybridized carbons (Fsp3) is 0.467. The van der Waals surface area contributed by atoms with Gasteiger partial charge in [0.2, 0.25) is 0 Å². The number of nitrogens with zero attached hydrogens (tertiary/aromatic N) is 1. The minimum absolute atomic E-state index is 0.00393. The number of aliphatic hydroxyl groups excluding tert-OH is 1. The average molecular weight is 304 g/mol. The third kappa shape index (κ3) is 2.99. The molecule has 0 bridgehead atoms. The van der Waals surface area contributed by atoms with E-state index in [1.54, 1.807) is 4.90 Å². The number of aromatic nitrogens is 2. The molecule has 0 aliphatic carbocycles. The quantitative estimate of drug-likeness (QED) is 0.678. The van der Waals surface area contributed by atoms with E-state index >= 15 is 0 Å². The number of carbonyl (C=O) groups is 1. The molecule has 1 aliphatic heterocycles. The van der Waals surface area contributed by atoms with Gasteiger partial charge in [0.25, 0.3) is 0 Å². The van der Waals surface area contributed by atoms with Gasteiger partial charge in [0.15, 0.2) is 0 Å². The van der Waals surface area contributed by atoms with Crippen LogP contribution in [-0.4, -0.2) is 45.2 Å². The van der Waals surface area contributed by atoms with Crippen LogP contribution in [0.3, 0.4) is 0 Å². The first-order valence-corrected chi connectivity index (χ1v) is 7.53. The summed E-state index contributed by atoms with van der Waals surface area (Å²) in [5.41, 5.74) is 2.14. The van der Waals surface area contributed by atoms with Crippen LogP contribution < -0.4 is 11.0 Å². The Balaban J connectivity index is 1.65. The molecule has 2 amide bonds. The molecule has 1 aromatic heterocycles. The van der Waals surface area contributed by atoms with Crippen molar-refractivity contribution in [2.75, 3.05) is 13.2 Å². The summed E-state index contributed by atoms with van der Waals surface area (Å²) in [6.45, 7) is 1.07. The summed E-state index contributed by atoms with van der Waals surface area (Å²) < 4.78 is 0. The van der Waals surface area contributed by atoms with E-state index in [4.69, 9.17) is 0 Å². The molecule has 1 saturated heterocycles. The van der Waals surface area contributed by atoms with Crippen LogP contribution >= 0.6 is 0 Å². The zero-order chi connectivity index (χ0) is 15.5. The lowest BCUT2D eigenvalue weighted by Crippen LogP contribution is -2.49. The van der Waals surface area contributed by atoms with Crippen molar-refractivity contribution in [3.63, 3.8) is 0 Å². The number of carbonyl (C=O) groups excluding carboxylic acids is 1. The number of imidazole rings is 1. The molecule has 2 aromatic rings. The Kier molecular flexibility index (Phi) is 4.15. The second-order valence-corrected chi connectivity index (χ2v) is 5.64. The Bertz CT molecular complexity index is 721. The Morgan fingerprint density at radius 3 is 2.95 bits per heavy atom. The first-order valence-electron chi connectivity index (χ1n) is 7.53. The molecule has 0 spiro atoms. The molecule has 1 fully saturated rings. The zero-order valence-electron chi connectivity index (χ0n) is 12.3. The molecule has 118 valence electrons. The zero-order valence-corrected chi connectivity index (χ0v) is 12.3. The van der Waals surface area contributed by atoms with Crippen LogP contribution in [0.15, 0.2) is 23.0 Å². The highest BCUT2D eigenvalue weighted by atomic mass is 16.3. The van der Waals surface area contributed by atoms with Crippen LogP contribution in [0.4, 0.5) is 4.79 Å². The Morgan fingerprint density at radius 1 is 1.32 bits per heavy atom. The summed E-state index contributed by atoms with van der Waals surface area (Å²) in [5, 5.41) is 12.2. The number of aliphatic hydroxyl groups is 1. The highest BCUT2D eigenvalue weighted by molar-refractivity contribution is 5.76. The van der Waals surface area contributed by atoms with E-state index in [0.717, 1.165) is 35.9 Å². The second kappa shape index (κ2) is 6.23. The Hall–Kier alpha value is -2.28. The van der Waals surface area contributed by atoms with Crippen molar-refractivity contribution in [3.05, 3.63) is 34.2 Å². The minimum atomic E-state index is -0.240. The highest BCUT2D eigenvalue weighted by Gasteiger charge is 2.25. The largest absolute Gasteiger partial charge is 0.394 e. The molecule has 7 heteroatoms. The summed E-state index contributed by atoms with van der Waals surface area (Å²) >= 11 is 0. The first-order chi connectivity index (χ1) is 10.7. The fourth-order valence-corrected chi connectivity index (χ4v) is 2.93.